The maximum absolute atomic E-state index is 12.1. The number of thioether (sulfide) groups is 1. The van der Waals surface area contributed by atoms with Gasteiger partial charge in [-0.2, -0.15) is 11.8 Å². The number of anilines is 1. The lowest BCUT2D eigenvalue weighted by Crippen LogP contribution is -2.31. The van der Waals surface area contributed by atoms with Gasteiger partial charge < -0.3 is 11.1 Å². The molecule has 0 unspecified atom stereocenters. The van der Waals surface area contributed by atoms with Gasteiger partial charge in [-0.1, -0.05) is 0 Å². The minimum Gasteiger partial charge on any atom is -0.399 e. The third kappa shape index (κ3) is 2.58. The number of fused-ring (bicyclic) bond motifs is 1. The molecule has 1 fully saturated rings. The van der Waals surface area contributed by atoms with Crippen molar-refractivity contribution in [2.75, 3.05) is 18.5 Å². The quantitative estimate of drug-likeness (QED) is 0.851. The van der Waals surface area contributed by atoms with Gasteiger partial charge in [0.05, 0.1) is 4.88 Å². The molecule has 19 heavy (non-hydrogen) atoms. The second-order valence-corrected chi connectivity index (χ2v) is 7.34. The third-order valence-corrected chi connectivity index (χ3v) is 6.11. The molecule has 0 bridgehead atoms. The summed E-state index contributed by atoms with van der Waals surface area (Å²) in [7, 11) is 0. The van der Waals surface area contributed by atoms with E-state index in [1.165, 1.54) is 24.2 Å². The van der Waals surface area contributed by atoms with Crippen molar-refractivity contribution in [1.82, 2.24) is 5.32 Å². The van der Waals surface area contributed by atoms with Gasteiger partial charge in [0.2, 0.25) is 0 Å². The van der Waals surface area contributed by atoms with Crippen LogP contribution in [0.1, 0.15) is 22.5 Å². The Bertz CT molecular complexity index is 631. The number of hydrogen-bond acceptors (Lipinski definition) is 4. The fourth-order valence-electron chi connectivity index (χ4n) is 2.09. The summed E-state index contributed by atoms with van der Waals surface area (Å²) in [5, 5.41) is 4.09. The number of nitrogen functional groups attached to an aromatic ring is 1. The Morgan fingerprint density at radius 1 is 1.47 bits per heavy atom. The number of amides is 1. The van der Waals surface area contributed by atoms with E-state index in [0.717, 1.165) is 27.2 Å². The molecule has 0 saturated heterocycles. The van der Waals surface area contributed by atoms with Crippen LogP contribution < -0.4 is 11.1 Å². The fraction of sp³-hybridized carbons (Fsp3) is 0.357. The minimum absolute atomic E-state index is 0.0279. The van der Waals surface area contributed by atoms with Crippen LogP contribution in [0.3, 0.4) is 0 Å². The van der Waals surface area contributed by atoms with E-state index in [9.17, 15) is 4.79 Å². The van der Waals surface area contributed by atoms with E-state index >= 15 is 0 Å². The summed E-state index contributed by atoms with van der Waals surface area (Å²) in [6.45, 7) is 0.767. The highest BCUT2D eigenvalue weighted by molar-refractivity contribution is 8.00. The van der Waals surface area contributed by atoms with E-state index in [-0.39, 0.29) is 5.91 Å². The largest absolute Gasteiger partial charge is 0.399 e. The number of thiophene rings is 1. The first-order chi connectivity index (χ1) is 9.12. The molecular formula is C14H16N2OS2. The zero-order valence-electron chi connectivity index (χ0n) is 10.7. The van der Waals surface area contributed by atoms with E-state index in [0.29, 0.717) is 4.75 Å². The summed E-state index contributed by atoms with van der Waals surface area (Å²) in [6.07, 6.45) is 4.52. The second-order valence-electron chi connectivity index (χ2n) is 4.98. The van der Waals surface area contributed by atoms with Crippen LogP contribution in [0.2, 0.25) is 0 Å². The highest BCUT2D eigenvalue weighted by atomic mass is 32.2. The number of benzene rings is 1. The molecule has 100 valence electrons. The Morgan fingerprint density at radius 2 is 2.26 bits per heavy atom. The van der Waals surface area contributed by atoms with Crippen molar-refractivity contribution < 1.29 is 4.79 Å². The molecule has 1 aliphatic carbocycles. The van der Waals surface area contributed by atoms with Crippen molar-refractivity contribution >= 4 is 44.8 Å². The summed E-state index contributed by atoms with van der Waals surface area (Å²) in [6, 6.07) is 7.67. The van der Waals surface area contributed by atoms with Gasteiger partial charge >= 0.3 is 0 Å². The number of hydrogen-bond donors (Lipinski definition) is 2. The fourth-order valence-corrected chi connectivity index (χ4v) is 3.78. The van der Waals surface area contributed by atoms with Crippen molar-refractivity contribution in [2.45, 2.75) is 17.6 Å². The van der Waals surface area contributed by atoms with Crippen LogP contribution in [0.15, 0.2) is 24.3 Å². The number of nitrogens with one attached hydrogen (secondary N) is 1. The monoisotopic (exact) mass is 292 g/mol. The summed E-state index contributed by atoms with van der Waals surface area (Å²) >= 11 is 3.37. The lowest BCUT2D eigenvalue weighted by atomic mass is 10.2. The summed E-state index contributed by atoms with van der Waals surface area (Å²) < 4.78 is 1.40. The molecule has 1 amide bonds. The summed E-state index contributed by atoms with van der Waals surface area (Å²) in [4.78, 5) is 12.9. The number of carbonyl (C=O) groups is 1. The SMILES string of the molecule is CSC1(CNC(=O)c2cc3cc(N)ccc3s2)CC1. The molecule has 3 rings (SSSR count). The summed E-state index contributed by atoms with van der Waals surface area (Å²) in [5.41, 5.74) is 6.49. The van der Waals surface area contributed by atoms with Crippen LogP contribution in [-0.4, -0.2) is 23.5 Å². The van der Waals surface area contributed by atoms with Crippen LogP contribution in [-0.2, 0) is 0 Å². The molecule has 0 atom stereocenters. The Kier molecular flexibility index (Phi) is 3.19. The third-order valence-electron chi connectivity index (χ3n) is 3.58. The maximum atomic E-state index is 12.1. The van der Waals surface area contributed by atoms with Gasteiger partial charge in [-0.3, -0.25) is 4.79 Å². The van der Waals surface area contributed by atoms with Crippen LogP contribution >= 0.6 is 23.1 Å². The molecule has 3 N–H and O–H groups in total. The predicted octanol–water partition coefficient (Wildman–Crippen LogP) is 3.11. The van der Waals surface area contributed by atoms with Gasteiger partial charge in [0.1, 0.15) is 0 Å². The van der Waals surface area contributed by atoms with E-state index in [1.54, 1.807) is 0 Å². The lowest BCUT2D eigenvalue weighted by molar-refractivity contribution is 0.0957. The molecule has 1 aliphatic rings. The molecule has 1 saturated carbocycles. The molecule has 2 aromatic rings. The van der Waals surface area contributed by atoms with Crippen molar-refractivity contribution in [3.05, 3.63) is 29.1 Å². The molecule has 1 aromatic heterocycles. The first kappa shape index (κ1) is 12.8. The average molecular weight is 292 g/mol. The van der Waals surface area contributed by atoms with Gasteiger partial charge in [0.15, 0.2) is 0 Å². The van der Waals surface area contributed by atoms with Gasteiger partial charge in [-0.15, -0.1) is 11.3 Å². The Labute approximate surface area is 120 Å². The second kappa shape index (κ2) is 4.72. The van der Waals surface area contributed by atoms with Crippen LogP contribution in [0, 0.1) is 0 Å². The van der Waals surface area contributed by atoms with Crippen LogP contribution in [0.5, 0.6) is 0 Å². The van der Waals surface area contributed by atoms with Gasteiger partial charge in [-0.25, -0.2) is 0 Å². The Hall–Kier alpha value is -1.20. The predicted molar refractivity (Wildman–Crippen MR) is 84.1 cm³/mol. The van der Waals surface area contributed by atoms with E-state index in [4.69, 9.17) is 5.73 Å². The molecule has 5 heteroatoms. The first-order valence-corrected chi connectivity index (χ1v) is 8.28. The van der Waals surface area contributed by atoms with Crippen molar-refractivity contribution in [1.29, 1.82) is 0 Å². The molecule has 3 nitrogen and oxygen atoms in total. The van der Waals surface area contributed by atoms with Gasteiger partial charge in [0, 0.05) is 21.7 Å². The van der Waals surface area contributed by atoms with E-state index in [1.807, 2.05) is 36.0 Å². The minimum atomic E-state index is 0.0279. The normalized spacial score (nSPS) is 16.5. The molecule has 1 heterocycles. The summed E-state index contributed by atoms with van der Waals surface area (Å²) in [5.74, 6) is 0.0279. The number of rotatable bonds is 4. The zero-order chi connectivity index (χ0) is 13.5. The van der Waals surface area contributed by atoms with Crippen LogP contribution in [0.4, 0.5) is 5.69 Å². The van der Waals surface area contributed by atoms with Gasteiger partial charge in [0.25, 0.3) is 5.91 Å². The highest BCUT2D eigenvalue weighted by Crippen LogP contribution is 2.46. The van der Waals surface area contributed by atoms with Gasteiger partial charge in [-0.05, 0) is 48.7 Å². The van der Waals surface area contributed by atoms with Crippen molar-refractivity contribution in [3.8, 4) is 0 Å². The van der Waals surface area contributed by atoms with E-state index in [2.05, 4.69) is 11.6 Å². The molecule has 0 radical (unpaired) electrons. The molecular weight excluding hydrogens is 276 g/mol. The topological polar surface area (TPSA) is 55.1 Å². The number of carbonyl (C=O) groups excluding carboxylic acids is 1. The number of nitrogens with two attached hydrogens (primary N) is 1. The molecule has 0 aliphatic heterocycles. The Morgan fingerprint density at radius 3 is 2.95 bits per heavy atom. The van der Waals surface area contributed by atoms with Crippen molar-refractivity contribution in [3.63, 3.8) is 0 Å². The zero-order valence-corrected chi connectivity index (χ0v) is 12.4. The van der Waals surface area contributed by atoms with Crippen molar-refractivity contribution in [2.24, 2.45) is 0 Å². The lowest BCUT2D eigenvalue weighted by Gasteiger charge is -2.12. The van der Waals surface area contributed by atoms with Crippen LogP contribution in [0.25, 0.3) is 10.1 Å². The maximum Gasteiger partial charge on any atom is 0.261 e. The first-order valence-electron chi connectivity index (χ1n) is 6.24. The molecule has 1 aromatic carbocycles. The molecule has 0 spiro atoms. The highest BCUT2D eigenvalue weighted by Gasteiger charge is 2.42. The Balaban J connectivity index is 1.74. The smallest absolute Gasteiger partial charge is 0.261 e. The average Bonchev–Trinajstić information content (AvgIpc) is 3.07. The van der Waals surface area contributed by atoms with E-state index < -0.39 is 0 Å². The standard InChI is InChI=1S/C14H16N2OS2/c1-18-14(4-5-14)8-16-13(17)12-7-9-6-10(15)2-3-11(9)19-12/h2-3,6-7H,4-5,8,15H2,1H3,(H,16,17).